The SMILES string of the molecule is CC(NC(=O)c1cc([N+](=O)[O-])cnc1N)c1nncn1C. The maximum atomic E-state index is 12.1. The molecule has 0 saturated carbocycles. The quantitative estimate of drug-likeness (QED) is 0.604. The van der Waals surface area contributed by atoms with Gasteiger partial charge in [-0.2, -0.15) is 0 Å². The van der Waals surface area contributed by atoms with Crippen LogP contribution in [-0.4, -0.2) is 30.6 Å². The Kier molecular flexibility index (Phi) is 3.78. The second-order valence-corrected chi connectivity index (χ2v) is 4.38. The summed E-state index contributed by atoms with van der Waals surface area (Å²) >= 11 is 0. The van der Waals surface area contributed by atoms with Gasteiger partial charge in [0.05, 0.1) is 16.5 Å². The fraction of sp³-hybridized carbons (Fsp3) is 0.273. The van der Waals surface area contributed by atoms with E-state index in [0.29, 0.717) is 5.82 Å². The molecule has 10 heteroatoms. The molecule has 3 N–H and O–H groups in total. The normalized spacial score (nSPS) is 11.9. The summed E-state index contributed by atoms with van der Waals surface area (Å²) in [6, 6.07) is 0.643. The van der Waals surface area contributed by atoms with Gasteiger partial charge in [-0.15, -0.1) is 10.2 Å². The first-order chi connectivity index (χ1) is 9.90. The van der Waals surface area contributed by atoms with Crippen molar-refractivity contribution in [1.29, 1.82) is 0 Å². The topological polar surface area (TPSA) is 142 Å². The number of nitrogen functional groups attached to an aromatic ring is 1. The highest BCUT2D eigenvalue weighted by atomic mass is 16.6. The lowest BCUT2D eigenvalue weighted by molar-refractivity contribution is -0.385. The zero-order valence-electron chi connectivity index (χ0n) is 11.3. The highest BCUT2D eigenvalue weighted by Crippen LogP contribution is 2.18. The molecule has 0 aliphatic rings. The fourth-order valence-corrected chi connectivity index (χ4v) is 1.77. The zero-order chi connectivity index (χ0) is 15.6. The highest BCUT2D eigenvalue weighted by Gasteiger charge is 2.20. The van der Waals surface area contributed by atoms with Gasteiger partial charge in [-0.1, -0.05) is 0 Å². The van der Waals surface area contributed by atoms with E-state index < -0.39 is 16.9 Å². The molecular formula is C11H13N7O3. The van der Waals surface area contributed by atoms with Gasteiger partial charge in [0.15, 0.2) is 5.82 Å². The number of nitrogens with one attached hydrogen (secondary N) is 1. The third-order valence-electron chi connectivity index (χ3n) is 2.84. The minimum atomic E-state index is -0.644. The minimum absolute atomic E-state index is 0.0572. The third kappa shape index (κ3) is 2.94. The number of rotatable bonds is 4. The lowest BCUT2D eigenvalue weighted by atomic mass is 10.2. The number of anilines is 1. The molecule has 0 bridgehead atoms. The number of nitrogens with two attached hydrogens (primary N) is 1. The van der Waals surface area contributed by atoms with E-state index in [1.54, 1.807) is 18.5 Å². The molecule has 10 nitrogen and oxygen atoms in total. The summed E-state index contributed by atoms with van der Waals surface area (Å²) in [5.41, 5.74) is 5.22. The Morgan fingerprint density at radius 1 is 1.57 bits per heavy atom. The Labute approximate surface area is 119 Å². The van der Waals surface area contributed by atoms with Crippen LogP contribution in [0, 0.1) is 10.1 Å². The third-order valence-corrected chi connectivity index (χ3v) is 2.84. The van der Waals surface area contributed by atoms with Crippen molar-refractivity contribution < 1.29 is 9.72 Å². The first kappa shape index (κ1) is 14.4. The molecule has 0 aliphatic heterocycles. The van der Waals surface area contributed by atoms with Crippen molar-refractivity contribution in [3.63, 3.8) is 0 Å². The van der Waals surface area contributed by atoms with Gasteiger partial charge in [0, 0.05) is 13.1 Å². The predicted octanol–water partition coefficient (Wildman–Crippen LogP) is 0.191. The highest BCUT2D eigenvalue weighted by molar-refractivity contribution is 5.99. The van der Waals surface area contributed by atoms with E-state index in [4.69, 9.17) is 5.73 Å². The zero-order valence-corrected chi connectivity index (χ0v) is 11.3. The number of hydrogen-bond donors (Lipinski definition) is 2. The van der Waals surface area contributed by atoms with Gasteiger partial charge in [0.25, 0.3) is 11.6 Å². The Morgan fingerprint density at radius 3 is 2.86 bits per heavy atom. The fourth-order valence-electron chi connectivity index (χ4n) is 1.77. The lowest BCUT2D eigenvalue weighted by Crippen LogP contribution is -2.29. The van der Waals surface area contributed by atoms with Crippen molar-refractivity contribution in [3.05, 3.63) is 40.1 Å². The van der Waals surface area contributed by atoms with E-state index in [9.17, 15) is 14.9 Å². The maximum Gasteiger partial charge on any atom is 0.288 e. The van der Waals surface area contributed by atoms with Gasteiger partial charge < -0.3 is 15.6 Å². The van der Waals surface area contributed by atoms with Crippen LogP contribution in [0.2, 0.25) is 0 Å². The number of carbonyl (C=O) groups is 1. The summed E-state index contributed by atoms with van der Waals surface area (Å²) in [6.45, 7) is 1.71. The molecule has 0 radical (unpaired) electrons. The summed E-state index contributed by atoms with van der Waals surface area (Å²) in [7, 11) is 1.74. The van der Waals surface area contributed by atoms with Crippen molar-refractivity contribution in [2.75, 3.05) is 5.73 Å². The molecule has 1 unspecified atom stereocenters. The summed E-state index contributed by atoms with van der Waals surface area (Å²) in [5.74, 6) is -0.109. The van der Waals surface area contributed by atoms with Crippen LogP contribution in [0.1, 0.15) is 29.1 Å². The Hall–Kier alpha value is -3.04. The molecule has 110 valence electrons. The minimum Gasteiger partial charge on any atom is -0.383 e. The van der Waals surface area contributed by atoms with E-state index in [0.717, 1.165) is 12.3 Å². The van der Waals surface area contributed by atoms with E-state index >= 15 is 0 Å². The smallest absolute Gasteiger partial charge is 0.288 e. The van der Waals surface area contributed by atoms with Crippen molar-refractivity contribution in [1.82, 2.24) is 25.1 Å². The van der Waals surface area contributed by atoms with Crippen LogP contribution in [0.25, 0.3) is 0 Å². The second kappa shape index (κ2) is 5.53. The van der Waals surface area contributed by atoms with Gasteiger partial charge in [-0.3, -0.25) is 14.9 Å². The number of amides is 1. The van der Waals surface area contributed by atoms with Crippen LogP contribution in [0.15, 0.2) is 18.6 Å². The van der Waals surface area contributed by atoms with Crippen LogP contribution in [0.5, 0.6) is 0 Å². The summed E-state index contributed by atoms with van der Waals surface area (Å²) in [5, 5.41) is 20.9. The summed E-state index contributed by atoms with van der Waals surface area (Å²) in [4.78, 5) is 25.9. The lowest BCUT2D eigenvalue weighted by Gasteiger charge is -2.13. The molecule has 0 saturated heterocycles. The summed E-state index contributed by atoms with van der Waals surface area (Å²) in [6.07, 6.45) is 2.50. The van der Waals surface area contributed by atoms with E-state index in [1.807, 2.05) is 0 Å². The Morgan fingerprint density at radius 2 is 2.29 bits per heavy atom. The average molecular weight is 291 g/mol. The van der Waals surface area contributed by atoms with Gasteiger partial charge in [0.1, 0.15) is 18.3 Å². The molecule has 2 aromatic heterocycles. The average Bonchev–Trinajstić information content (AvgIpc) is 2.85. The van der Waals surface area contributed by atoms with E-state index in [-0.39, 0.29) is 17.1 Å². The van der Waals surface area contributed by atoms with Crippen LogP contribution >= 0.6 is 0 Å². The molecule has 0 fully saturated rings. The van der Waals surface area contributed by atoms with Crippen molar-refractivity contribution in [2.45, 2.75) is 13.0 Å². The van der Waals surface area contributed by atoms with Crippen LogP contribution < -0.4 is 11.1 Å². The molecule has 1 amide bonds. The van der Waals surface area contributed by atoms with Crippen LogP contribution in [0.3, 0.4) is 0 Å². The van der Waals surface area contributed by atoms with E-state index in [2.05, 4.69) is 20.5 Å². The van der Waals surface area contributed by atoms with Crippen molar-refractivity contribution >= 4 is 17.4 Å². The monoisotopic (exact) mass is 291 g/mol. The molecule has 0 aliphatic carbocycles. The number of aromatic nitrogens is 4. The Bertz CT molecular complexity index is 697. The number of hydrogen-bond acceptors (Lipinski definition) is 7. The van der Waals surface area contributed by atoms with Crippen molar-refractivity contribution in [3.8, 4) is 0 Å². The number of carbonyl (C=O) groups excluding carboxylic acids is 1. The van der Waals surface area contributed by atoms with Gasteiger partial charge in [0.2, 0.25) is 0 Å². The molecule has 2 aromatic rings. The molecule has 21 heavy (non-hydrogen) atoms. The number of pyridine rings is 1. The van der Waals surface area contributed by atoms with Gasteiger partial charge in [-0.25, -0.2) is 4.98 Å². The van der Waals surface area contributed by atoms with Crippen LogP contribution in [0.4, 0.5) is 11.5 Å². The standard InChI is InChI=1S/C11H13N7O3/c1-6(10-16-14-5-17(10)2)15-11(19)8-3-7(18(20)21)4-13-9(8)12/h3-6H,1-2H3,(H2,12,13)(H,15,19). The molecule has 2 rings (SSSR count). The maximum absolute atomic E-state index is 12.1. The molecular weight excluding hydrogens is 278 g/mol. The van der Waals surface area contributed by atoms with E-state index in [1.165, 1.54) is 6.33 Å². The molecule has 2 heterocycles. The van der Waals surface area contributed by atoms with Gasteiger partial charge >= 0.3 is 0 Å². The number of aryl methyl sites for hydroxylation is 1. The van der Waals surface area contributed by atoms with Crippen molar-refractivity contribution in [2.24, 2.45) is 7.05 Å². The molecule has 0 spiro atoms. The number of nitro groups is 1. The summed E-state index contributed by atoms with van der Waals surface area (Å²) < 4.78 is 1.65. The van der Waals surface area contributed by atoms with Gasteiger partial charge in [-0.05, 0) is 6.92 Å². The number of nitrogens with zero attached hydrogens (tertiary/aromatic N) is 5. The first-order valence-corrected chi connectivity index (χ1v) is 5.94. The van der Waals surface area contributed by atoms with Crippen LogP contribution in [-0.2, 0) is 7.05 Å². The first-order valence-electron chi connectivity index (χ1n) is 5.94. The second-order valence-electron chi connectivity index (χ2n) is 4.38. The molecule has 0 aromatic carbocycles. The Balaban J connectivity index is 2.22. The largest absolute Gasteiger partial charge is 0.383 e. The molecule has 1 atom stereocenters. The predicted molar refractivity (Wildman–Crippen MR) is 72.2 cm³/mol.